The lowest BCUT2D eigenvalue weighted by atomic mass is 9.96. The van der Waals surface area contributed by atoms with Gasteiger partial charge in [0.05, 0.1) is 27.2 Å². The van der Waals surface area contributed by atoms with Crippen LogP contribution >= 0.6 is 0 Å². The van der Waals surface area contributed by atoms with Crippen LogP contribution in [0.1, 0.15) is 11.1 Å². The van der Waals surface area contributed by atoms with Crippen LogP contribution in [0.5, 0.6) is 0 Å². The van der Waals surface area contributed by atoms with Crippen molar-refractivity contribution in [3.63, 3.8) is 0 Å². The monoisotopic (exact) mass is 476 g/mol. The number of nitrogens with one attached hydrogen (secondary N) is 1. The number of azo groups is 1. The summed E-state index contributed by atoms with van der Waals surface area (Å²) in [6, 6.07) is 6.20. The molecule has 0 saturated heterocycles. The van der Waals surface area contributed by atoms with Gasteiger partial charge in [0.1, 0.15) is 4.90 Å². The minimum Gasteiger partial charge on any atom is -0.369 e. The molecule has 0 bridgehead atoms. The lowest BCUT2D eigenvalue weighted by molar-refractivity contribution is 0.583. The number of anilines is 1. The molecule has 0 atom stereocenters. The molecule has 0 saturated carbocycles. The molecule has 0 fully saturated rings. The molecule has 12 nitrogen and oxygen atoms in total. The molecule has 2 heterocycles. The highest BCUT2D eigenvalue weighted by Crippen LogP contribution is 2.38. The number of sulfonamides is 1. The lowest BCUT2D eigenvalue weighted by Crippen LogP contribution is -2.24. The number of aromatic amines is 1. The van der Waals surface area contributed by atoms with Crippen LogP contribution < -0.4 is 16.6 Å². The summed E-state index contributed by atoms with van der Waals surface area (Å²) < 4.78 is 51.1. The first-order valence-corrected chi connectivity index (χ1v) is 12.5. The van der Waals surface area contributed by atoms with Crippen molar-refractivity contribution in [3.8, 4) is 11.1 Å². The van der Waals surface area contributed by atoms with Gasteiger partial charge in [0.25, 0.3) is 0 Å². The van der Waals surface area contributed by atoms with Gasteiger partial charge in [-0.1, -0.05) is 18.2 Å². The molecule has 0 unspecified atom stereocenters. The molecule has 32 heavy (non-hydrogen) atoms. The second kappa shape index (κ2) is 7.74. The Balaban J connectivity index is 2.17. The molecule has 0 amide bonds. The van der Waals surface area contributed by atoms with Gasteiger partial charge < -0.3 is 16.5 Å². The Hall–Kier alpha value is -3.20. The molecular formula is C18H20N8O4S2. The highest BCUT2D eigenvalue weighted by Gasteiger charge is 2.32. The fourth-order valence-electron chi connectivity index (χ4n) is 3.63. The van der Waals surface area contributed by atoms with Crippen LogP contribution in [-0.2, 0) is 19.9 Å². The number of rotatable bonds is 6. The van der Waals surface area contributed by atoms with E-state index in [9.17, 15) is 16.8 Å². The highest BCUT2D eigenvalue weighted by atomic mass is 32.2. The molecule has 1 aliphatic heterocycles. The Labute approximate surface area is 183 Å². The summed E-state index contributed by atoms with van der Waals surface area (Å²) in [6.45, 7) is 1.62. The molecule has 0 aliphatic carbocycles. The van der Waals surface area contributed by atoms with Crippen LogP contribution in [0.15, 0.2) is 49.3 Å². The molecule has 1 aromatic heterocycles. The summed E-state index contributed by atoms with van der Waals surface area (Å²) in [5.41, 5.74) is 14.0. The van der Waals surface area contributed by atoms with Crippen LogP contribution in [0, 0.1) is 6.92 Å². The van der Waals surface area contributed by atoms with Gasteiger partial charge in [0.2, 0.25) is 10.0 Å². The van der Waals surface area contributed by atoms with Crippen molar-refractivity contribution in [1.29, 1.82) is 0 Å². The number of aryl methyl sites for hydroxylation is 1. The number of fused-ring (bicyclic) bond motifs is 1. The molecular weight excluding hydrogens is 456 g/mol. The molecule has 3 aromatic rings. The number of amidine groups is 1. The van der Waals surface area contributed by atoms with Gasteiger partial charge in [0, 0.05) is 12.1 Å². The van der Waals surface area contributed by atoms with E-state index in [0.717, 1.165) is 5.56 Å². The maximum Gasteiger partial charge on any atom is 0.240 e. The van der Waals surface area contributed by atoms with Gasteiger partial charge in [-0.25, -0.2) is 32.0 Å². The maximum absolute atomic E-state index is 12.8. The van der Waals surface area contributed by atoms with E-state index in [4.69, 9.17) is 16.6 Å². The highest BCUT2D eigenvalue weighted by molar-refractivity contribution is 7.93. The average Bonchev–Trinajstić information content (AvgIpc) is 3.36. The Morgan fingerprint density at radius 2 is 1.81 bits per heavy atom. The van der Waals surface area contributed by atoms with E-state index in [0.29, 0.717) is 22.2 Å². The fourth-order valence-corrected chi connectivity index (χ4v) is 6.38. The quantitative estimate of drug-likeness (QED) is 0.398. The number of aromatic nitrogens is 2. The van der Waals surface area contributed by atoms with Crippen LogP contribution in [0.4, 0.5) is 5.95 Å². The van der Waals surface area contributed by atoms with E-state index >= 15 is 0 Å². The predicted octanol–water partition coefficient (Wildman–Crippen LogP) is 0.670. The van der Waals surface area contributed by atoms with Crippen molar-refractivity contribution in [2.75, 3.05) is 24.7 Å². The van der Waals surface area contributed by atoms with E-state index in [-0.39, 0.29) is 30.6 Å². The number of nitrogens with zero attached hydrogens (tertiary/aromatic N) is 4. The SMILES string of the molecule is Cc1ccc(-c2ccc(S(=O)(=O)CCN)c(S(N)(=O)=O)c2C2=NCN=N2)c2[nH]c(N)nc12. The van der Waals surface area contributed by atoms with Crippen molar-refractivity contribution in [3.05, 3.63) is 35.4 Å². The van der Waals surface area contributed by atoms with Gasteiger partial charge in [0.15, 0.2) is 28.3 Å². The molecule has 1 aliphatic rings. The van der Waals surface area contributed by atoms with E-state index < -0.39 is 35.4 Å². The molecule has 0 spiro atoms. The zero-order valence-corrected chi connectivity index (χ0v) is 18.5. The van der Waals surface area contributed by atoms with Crippen molar-refractivity contribution in [1.82, 2.24) is 9.97 Å². The van der Waals surface area contributed by atoms with E-state index in [1.54, 1.807) is 12.1 Å². The Morgan fingerprint density at radius 3 is 2.44 bits per heavy atom. The van der Waals surface area contributed by atoms with Crippen molar-refractivity contribution < 1.29 is 16.8 Å². The zero-order chi connectivity index (χ0) is 23.3. The number of imidazole rings is 1. The van der Waals surface area contributed by atoms with Crippen LogP contribution in [0.3, 0.4) is 0 Å². The summed E-state index contributed by atoms with van der Waals surface area (Å²) in [7, 11) is -8.61. The first-order chi connectivity index (χ1) is 15.0. The molecule has 7 N–H and O–H groups in total. The van der Waals surface area contributed by atoms with Crippen molar-refractivity contribution >= 4 is 42.7 Å². The fraction of sp³-hybridized carbons (Fsp3) is 0.222. The third kappa shape index (κ3) is 3.66. The number of H-pyrrole nitrogens is 1. The van der Waals surface area contributed by atoms with Crippen LogP contribution in [-0.4, -0.2) is 51.6 Å². The zero-order valence-electron chi connectivity index (χ0n) is 16.9. The summed E-state index contributed by atoms with van der Waals surface area (Å²) in [4.78, 5) is 10.3. The number of hydrogen-bond acceptors (Lipinski definition) is 10. The first kappa shape index (κ1) is 22.0. The number of nitrogens with two attached hydrogens (primary N) is 3. The standard InChI is InChI=1S/C18H20N8O4S2/c1-9-2-3-11(15-14(9)24-18(20)25-15)10-4-5-12(31(27,28)7-6-19)16(32(21,29)30)13(10)17-22-8-23-26-17/h2-5H,6-8,19H2,1H3,(H3,20,24,25)(H2,21,29,30). The Bertz CT molecular complexity index is 1520. The predicted molar refractivity (Wildman–Crippen MR) is 119 cm³/mol. The second-order valence-corrected chi connectivity index (χ2v) is 10.7. The minimum atomic E-state index is -4.54. The molecule has 168 valence electrons. The first-order valence-electron chi connectivity index (χ1n) is 9.34. The largest absolute Gasteiger partial charge is 0.369 e. The van der Waals surface area contributed by atoms with E-state index in [1.807, 2.05) is 6.92 Å². The molecule has 4 rings (SSSR count). The van der Waals surface area contributed by atoms with Crippen molar-refractivity contribution in [2.45, 2.75) is 16.7 Å². The minimum absolute atomic E-state index is 0.0288. The molecule has 14 heteroatoms. The lowest BCUT2D eigenvalue weighted by Gasteiger charge is -2.17. The Kier molecular flexibility index (Phi) is 5.32. The van der Waals surface area contributed by atoms with Gasteiger partial charge in [-0.3, -0.25) is 0 Å². The number of hydrogen-bond donors (Lipinski definition) is 4. The maximum atomic E-state index is 12.8. The summed E-state index contributed by atoms with van der Waals surface area (Å²) in [5.74, 6) is -0.340. The molecule has 0 radical (unpaired) electrons. The van der Waals surface area contributed by atoms with Gasteiger partial charge in [-0.05, 0) is 24.1 Å². The van der Waals surface area contributed by atoms with Gasteiger partial charge in [-0.2, -0.15) is 5.11 Å². The smallest absolute Gasteiger partial charge is 0.240 e. The van der Waals surface area contributed by atoms with Crippen LogP contribution in [0.2, 0.25) is 0 Å². The topological polar surface area (TPSA) is 212 Å². The summed E-state index contributed by atoms with van der Waals surface area (Å²) in [5, 5.41) is 13.2. The third-order valence-electron chi connectivity index (χ3n) is 4.96. The third-order valence-corrected chi connectivity index (χ3v) is 7.86. The summed E-state index contributed by atoms with van der Waals surface area (Å²) in [6.07, 6.45) is 0. The van der Waals surface area contributed by atoms with Gasteiger partial charge >= 0.3 is 0 Å². The summed E-state index contributed by atoms with van der Waals surface area (Å²) >= 11 is 0. The van der Waals surface area contributed by atoms with Crippen molar-refractivity contribution in [2.24, 2.45) is 26.1 Å². The van der Waals surface area contributed by atoms with E-state index in [1.165, 1.54) is 12.1 Å². The normalized spacial score (nSPS) is 14.3. The number of sulfone groups is 1. The second-order valence-electron chi connectivity index (χ2n) is 7.11. The number of primary sulfonamides is 1. The van der Waals surface area contributed by atoms with Crippen LogP contribution in [0.25, 0.3) is 22.2 Å². The van der Waals surface area contributed by atoms with E-state index in [2.05, 4.69) is 25.2 Å². The molecule has 2 aromatic carbocycles. The Morgan fingerprint density at radius 1 is 1.09 bits per heavy atom. The number of aliphatic imine (C=N–C) groups is 1. The number of nitrogen functional groups attached to an aromatic ring is 1. The number of benzene rings is 2. The van der Waals surface area contributed by atoms with Gasteiger partial charge in [-0.15, -0.1) is 5.11 Å². The average molecular weight is 477 g/mol.